The summed E-state index contributed by atoms with van der Waals surface area (Å²) in [7, 11) is 0. The minimum Gasteiger partial charge on any atom is -0.335 e. The summed E-state index contributed by atoms with van der Waals surface area (Å²) < 4.78 is 13.7. The maximum atomic E-state index is 13.7. The molecule has 0 bridgehead atoms. The van der Waals surface area contributed by atoms with Crippen LogP contribution in [0, 0.1) is 17.7 Å². The average molecular weight is 437 g/mol. The lowest BCUT2D eigenvalue weighted by Crippen LogP contribution is -2.48. The summed E-state index contributed by atoms with van der Waals surface area (Å²) in [4.78, 5) is 18.2. The lowest BCUT2D eigenvalue weighted by molar-refractivity contribution is -0.141. The van der Waals surface area contributed by atoms with E-state index >= 15 is 0 Å². The fourth-order valence-electron chi connectivity index (χ4n) is 5.71. The third kappa shape index (κ3) is 4.76. The van der Waals surface area contributed by atoms with Gasteiger partial charge in [-0.15, -0.1) is 0 Å². The van der Waals surface area contributed by atoms with Crippen molar-refractivity contribution in [3.8, 4) is 0 Å². The van der Waals surface area contributed by atoms with E-state index in [2.05, 4.69) is 67.8 Å². The molecule has 172 valence electrons. The molecule has 0 spiro atoms. The summed E-state index contributed by atoms with van der Waals surface area (Å²) in [6.45, 7) is 12.6. The van der Waals surface area contributed by atoms with E-state index in [-0.39, 0.29) is 23.2 Å². The molecule has 0 aliphatic carbocycles. The van der Waals surface area contributed by atoms with Crippen molar-refractivity contribution >= 4 is 5.91 Å². The smallest absolute Gasteiger partial charge is 0.226 e. The second-order valence-electron chi connectivity index (χ2n) is 10.6. The van der Waals surface area contributed by atoms with Crippen molar-refractivity contribution in [2.45, 2.75) is 58.4 Å². The van der Waals surface area contributed by atoms with Crippen LogP contribution in [-0.4, -0.2) is 41.9 Å². The van der Waals surface area contributed by atoms with Crippen molar-refractivity contribution in [3.63, 3.8) is 0 Å². The Bertz CT molecular complexity index is 932. The van der Waals surface area contributed by atoms with E-state index in [0.29, 0.717) is 18.4 Å². The highest BCUT2D eigenvalue weighted by Gasteiger charge is 2.37. The molecule has 4 heteroatoms. The van der Waals surface area contributed by atoms with E-state index in [4.69, 9.17) is 0 Å². The average Bonchev–Trinajstić information content (AvgIpc) is 2.78. The summed E-state index contributed by atoms with van der Waals surface area (Å²) in [6.07, 6.45) is 2.58. The Morgan fingerprint density at radius 1 is 1.06 bits per heavy atom. The number of nitrogens with zero attached hydrogens (tertiary/aromatic N) is 2. The molecule has 32 heavy (non-hydrogen) atoms. The molecule has 2 aromatic carbocycles. The zero-order chi connectivity index (χ0) is 22.9. The van der Waals surface area contributed by atoms with Crippen LogP contribution in [-0.2, 0) is 16.6 Å². The summed E-state index contributed by atoms with van der Waals surface area (Å²) >= 11 is 0. The van der Waals surface area contributed by atoms with Gasteiger partial charge in [-0.3, -0.25) is 4.79 Å². The zero-order valence-corrected chi connectivity index (χ0v) is 20.0. The van der Waals surface area contributed by atoms with Crippen LogP contribution in [0.2, 0.25) is 0 Å². The SMILES string of the molecule is CC(C)C1c2ccc(F)cc2CCN1C(=O)C1CCN(CC(C)(C)c2ccccc2)CC1. The number of benzene rings is 2. The first-order chi connectivity index (χ1) is 15.3. The number of likely N-dealkylation sites (tertiary alicyclic amines) is 1. The number of hydrogen-bond acceptors (Lipinski definition) is 2. The third-order valence-corrected chi connectivity index (χ3v) is 7.41. The number of carbonyl (C=O) groups excluding carboxylic acids is 1. The molecular weight excluding hydrogens is 399 g/mol. The highest BCUT2D eigenvalue weighted by molar-refractivity contribution is 5.80. The number of halogens is 1. The van der Waals surface area contributed by atoms with Gasteiger partial charge in [0.2, 0.25) is 5.91 Å². The summed E-state index contributed by atoms with van der Waals surface area (Å²) in [5, 5.41) is 0. The molecule has 0 N–H and O–H groups in total. The Morgan fingerprint density at radius 2 is 1.75 bits per heavy atom. The second-order valence-corrected chi connectivity index (χ2v) is 10.6. The Hall–Kier alpha value is -2.20. The van der Waals surface area contributed by atoms with E-state index < -0.39 is 0 Å². The molecule has 0 aromatic heterocycles. The summed E-state index contributed by atoms with van der Waals surface area (Å²) in [5.74, 6) is 0.502. The van der Waals surface area contributed by atoms with Gasteiger partial charge in [0.15, 0.2) is 0 Å². The topological polar surface area (TPSA) is 23.6 Å². The molecule has 1 saturated heterocycles. The van der Waals surface area contributed by atoms with Gasteiger partial charge in [0.05, 0.1) is 6.04 Å². The minimum absolute atomic E-state index is 0.0434. The van der Waals surface area contributed by atoms with Crippen molar-refractivity contribution in [3.05, 3.63) is 71.0 Å². The van der Waals surface area contributed by atoms with Gasteiger partial charge in [0.25, 0.3) is 0 Å². The third-order valence-electron chi connectivity index (χ3n) is 7.41. The summed E-state index contributed by atoms with van der Waals surface area (Å²) in [6, 6.07) is 15.8. The standard InChI is InChI=1S/C28H37FN2O/c1-20(2)26-25-11-10-24(29)18-22(25)14-17-31(26)27(32)21-12-15-30(16-13-21)19-28(3,4)23-8-6-5-7-9-23/h5-11,18,20-21,26H,12-17,19H2,1-4H3. The van der Waals surface area contributed by atoms with Crippen LogP contribution >= 0.6 is 0 Å². The minimum atomic E-state index is -0.183. The van der Waals surface area contributed by atoms with Crippen LogP contribution in [0.5, 0.6) is 0 Å². The Balaban J connectivity index is 1.40. The molecule has 1 unspecified atom stereocenters. The fourth-order valence-corrected chi connectivity index (χ4v) is 5.71. The van der Waals surface area contributed by atoms with E-state index in [0.717, 1.165) is 50.0 Å². The molecule has 1 amide bonds. The molecule has 2 heterocycles. The summed E-state index contributed by atoms with van der Waals surface area (Å²) in [5.41, 5.74) is 3.64. The van der Waals surface area contributed by atoms with Gasteiger partial charge < -0.3 is 9.80 Å². The monoisotopic (exact) mass is 436 g/mol. The van der Waals surface area contributed by atoms with Gasteiger partial charge in [-0.1, -0.05) is 64.1 Å². The molecule has 4 rings (SSSR count). The quantitative estimate of drug-likeness (QED) is 0.609. The zero-order valence-electron chi connectivity index (χ0n) is 20.0. The highest BCUT2D eigenvalue weighted by Crippen LogP contribution is 2.37. The number of fused-ring (bicyclic) bond motifs is 1. The predicted molar refractivity (Wildman–Crippen MR) is 128 cm³/mol. The molecule has 1 atom stereocenters. The number of carbonyl (C=O) groups is 1. The Morgan fingerprint density at radius 3 is 2.41 bits per heavy atom. The van der Waals surface area contributed by atoms with Gasteiger partial charge in [0, 0.05) is 24.4 Å². The van der Waals surface area contributed by atoms with Crippen LogP contribution in [0.25, 0.3) is 0 Å². The number of rotatable bonds is 5. The van der Waals surface area contributed by atoms with Crippen molar-refractivity contribution < 1.29 is 9.18 Å². The van der Waals surface area contributed by atoms with Crippen LogP contribution in [0.1, 0.15) is 63.3 Å². The Labute approximate surface area is 192 Å². The van der Waals surface area contributed by atoms with Crippen molar-refractivity contribution in [1.82, 2.24) is 9.80 Å². The first-order valence-corrected chi connectivity index (χ1v) is 12.1. The molecular formula is C28H37FN2O. The number of piperidine rings is 1. The highest BCUT2D eigenvalue weighted by atomic mass is 19.1. The van der Waals surface area contributed by atoms with Crippen molar-refractivity contribution in [2.24, 2.45) is 11.8 Å². The van der Waals surface area contributed by atoms with E-state index in [9.17, 15) is 9.18 Å². The molecule has 0 saturated carbocycles. The van der Waals surface area contributed by atoms with E-state index in [1.165, 1.54) is 11.6 Å². The molecule has 2 aliphatic rings. The largest absolute Gasteiger partial charge is 0.335 e. The first kappa shape index (κ1) is 23.0. The van der Waals surface area contributed by atoms with Gasteiger partial charge in [-0.05, 0) is 67.1 Å². The van der Waals surface area contributed by atoms with E-state index in [1.807, 2.05) is 6.07 Å². The van der Waals surface area contributed by atoms with Crippen molar-refractivity contribution in [2.75, 3.05) is 26.2 Å². The maximum absolute atomic E-state index is 13.7. The number of hydrogen-bond donors (Lipinski definition) is 0. The lowest BCUT2D eigenvalue weighted by Gasteiger charge is -2.43. The van der Waals surface area contributed by atoms with Crippen LogP contribution in [0.4, 0.5) is 4.39 Å². The maximum Gasteiger partial charge on any atom is 0.226 e. The second kappa shape index (κ2) is 9.35. The molecule has 3 nitrogen and oxygen atoms in total. The van der Waals surface area contributed by atoms with Gasteiger partial charge in [-0.2, -0.15) is 0 Å². The Kier molecular flexibility index (Phi) is 6.71. The molecule has 0 radical (unpaired) electrons. The molecule has 2 aromatic rings. The number of amides is 1. The van der Waals surface area contributed by atoms with Gasteiger partial charge in [-0.25, -0.2) is 4.39 Å². The van der Waals surface area contributed by atoms with Crippen LogP contribution in [0.3, 0.4) is 0 Å². The van der Waals surface area contributed by atoms with Crippen LogP contribution in [0.15, 0.2) is 48.5 Å². The molecule has 1 fully saturated rings. The fraction of sp³-hybridized carbons (Fsp3) is 0.536. The molecule has 2 aliphatic heterocycles. The predicted octanol–water partition coefficient (Wildman–Crippen LogP) is 5.60. The first-order valence-electron chi connectivity index (χ1n) is 12.1. The van der Waals surface area contributed by atoms with Crippen LogP contribution < -0.4 is 0 Å². The van der Waals surface area contributed by atoms with Gasteiger partial charge >= 0.3 is 0 Å². The van der Waals surface area contributed by atoms with Crippen molar-refractivity contribution in [1.29, 1.82) is 0 Å². The lowest BCUT2D eigenvalue weighted by atomic mass is 9.82. The van der Waals surface area contributed by atoms with Gasteiger partial charge in [0.1, 0.15) is 5.82 Å². The normalized spacial score (nSPS) is 20.4. The van der Waals surface area contributed by atoms with E-state index in [1.54, 1.807) is 6.07 Å².